The molecule has 1 amide bonds. The number of nitrogens with zero attached hydrogens (tertiary/aromatic N) is 2. The van der Waals surface area contributed by atoms with Crippen molar-refractivity contribution in [3.05, 3.63) is 76.9 Å². The number of carboxylic acid groups (broad SMARTS) is 1. The topological polar surface area (TPSA) is 120 Å². The van der Waals surface area contributed by atoms with Gasteiger partial charge in [-0.05, 0) is 62.3 Å². The number of hydrogen-bond acceptors (Lipinski definition) is 6. The molecule has 0 saturated carbocycles. The molecule has 210 valence electrons. The van der Waals surface area contributed by atoms with Crippen molar-refractivity contribution < 1.29 is 29.0 Å². The summed E-state index contributed by atoms with van der Waals surface area (Å²) in [5.74, 6) is -1.13. The zero-order valence-electron chi connectivity index (χ0n) is 23.1. The average molecular weight is 546 g/mol. The van der Waals surface area contributed by atoms with Crippen LogP contribution in [0.25, 0.3) is 11.1 Å². The van der Waals surface area contributed by atoms with E-state index in [9.17, 15) is 19.5 Å². The quantitative estimate of drug-likeness (QED) is 0.396. The van der Waals surface area contributed by atoms with Crippen LogP contribution >= 0.6 is 0 Å². The number of aromatic nitrogens is 2. The van der Waals surface area contributed by atoms with Gasteiger partial charge in [0.05, 0.1) is 5.69 Å². The minimum atomic E-state index is -1.23. The van der Waals surface area contributed by atoms with Crippen molar-refractivity contribution >= 4 is 18.0 Å². The molecular weight excluding hydrogens is 510 g/mol. The van der Waals surface area contributed by atoms with Gasteiger partial charge in [-0.3, -0.25) is 4.79 Å². The Morgan fingerprint density at radius 1 is 1.05 bits per heavy atom. The Morgan fingerprint density at radius 3 is 2.33 bits per heavy atom. The summed E-state index contributed by atoms with van der Waals surface area (Å²) in [6, 6.07) is 14.8. The third kappa shape index (κ3) is 5.88. The minimum absolute atomic E-state index is 0.00180. The molecule has 3 aromatic rings. The molecule has 0 bridgehead atoms. The first kappa shape index (κ1) is 27.4. The first-order valence-corrected chi connectivity index (χ1v) is 13.7. The van der Waals surface area contributed by atoms with E-state index < -0.39 is 23.7 Å². The number of carbonyl (C=O) groups is 3. The van der Waals surface area contributed by atoms with Crippen LogP contribution in [0.3, 0.4) is 0 Å². The molecule has 0 fully saturated rings. The summed E-state index contributed by atoms with van der Waals surface area (Å²) in [6.45, 7) is 6.22. The molecule has 40 heavy (non-hydrogen) atoms. The molecule has 9 heteroatoms. The maximum Gasteiger partial charge on any atom is 0.407 e. The molecule has 9 nitrogen and oxygen atoms in total. The third-order valence-corrected chi connectivity index (χ3v) is 7.33. The number of ether oxygens (including phenoxy) is 2. The third-order valence-electron chi connectivity index (χ3n) is 7.33. The van der Waals surface area contributed by atoms with Gasteiger partial charge in [-0.1, -0.05) is 48.5 Å². The number of hydrogen-bond donors (Lipinski definition) is 2. The maximum absolute atomic E-state index is 12.8. The first-order chi connectivity index (χ1) is 19.1. The lowest BCUT2D eigenvalue weighted by Gasteiger charge is -2.21. The number of esters is 1. The maximum atomic E-state index is 12.8. The van der Waals surface area contributed by atoms with E-state index >= 15 is 0 Å². The van der Waals surface area contributed by atoms with Gasteiger partial charge in [0.1, 0.15) is 30.5 Å². The summed E-state index contributed by atoms with van der Waals surface area (Å²) >= 11 is 0. The van der Waals surface area contributed by atoms with Crippen molar-refractivity contribution in [2.45, 2.75) is 77.0 Å². The molecule has 1 aliphatic carbocycles. The van der Waals surface area contributed by atoms with E-state index in [1.807, 2.05) is 61.7 Å². The fraction of sp³-hybridized carbons (Fsp3) is 0.419. The number of carbonyl (C=O) groups excluding carboxylic acids is 2. The van der Waals surface area contributed by atoms with Crippen molar-refractivity contribution in [2.75, 3.05) is 6.61 Å². The number of carboxylic acids is 1. The van der Waals surface area contributed by atoms with Crippen LogP contribution in [-0.2, 0) is 44.9 Å². The van der Waals surface area contributed by atoms with E-state index in [1.165, 1.54) is 0 Å². The summed E-state index contributed by atoms with van der Waals surface area (Å²) < 4.78 is 13.0. The molecule has 2 aromatic carbocycles. The molecule has 1 unspecified atom stereocenters. The van der Waals surface area contributed by atoms with Gasteiger partial charge in [0, 0.05) is 24.6 Å². The van der Waals surface area contributed by atoms with Crippen molar-refractivity contribution in [3.63, 3.8) is 0 Å². The number of benzene rings is 2. The highest BCUT2D eigenvalue weighted by Crippen LogP contribution is 2.44. The summed E-state index contributed by atoms with van der Waals surface area (Å²) in [6.07, 6.45) is 1.82. The lowest BCUT2D eigenvalue weighted by Crippen LogP contribution is -2.43. The van der Waals surface area contributed by atoms with Crippen LogP contribution in [0.4, 0.5) is 4.79 Å². The van der Waals surface area contributed by atoms with Gasteiger partial charge in [-0.2, -0.15) is 0 Å². The number of amides is 1. The van der Waals surface area contributed by atoms with Crippen molar-refractivity contribution in [3.8, 4) is 11.1 Å². The number of rotatable bonds is 8. The van der Waals surface area contributed by atoms with Gasteiger partial charge >= 0.3 is 18.0 Å². The monoisotopic (exact) mass is 545 g/mol. The normalized spacial score (nSPS) is 15.0. The van der Waals surface area contributed by atoms with Crippen molar-refractivity contribution in [1.82, 2.24) is 14.9 Å². The zero-order chi connectivity index (χ0) is 28.4. The largest absolute Gasteiger partial charge is 0.480 e. The summed E-state index contributed by atoms with van der Waals surface area (Å²) in [4.78, 5) is 42.1. The lowest BCUT2D eigenvalue weighted by molar-refractivity contribution is -0.154. The average Bonchev–Trinajstić information content (AvgIpc) is 3.41. The van der Waals surface area contributed by atoms with E-state index in [2.05, 4.69) is 22.4 Å². The second-order valence-corrected chi connectivity index (χ2v) is 11.4. The number of alkyl carbamates (subject to hydrolysis) is 1. The summed E-state index contributed by atoms with van der Waals surface area (Å²) in [5, 5.41) is 12.5. The molecule has 1 aromatic heterocycles. The predicted octanol–water partition coefficient (Wildman–Crippen LogP) is 4.64. The number of imidazole rings is 1. The van der Waals surface area contributed by atoms with Gasteiger partial charge in [-0.25, -0.2) is 14.6 Å². The Labute approximate surface area is 233 Å². The van der Waals surface area contributed by atoms with Crippen molar-refractivity contribution in [2.24, 2.45) is 0 Å². The zero-order valence-corrected chi connectivity index (χ0v) is 23.1. The smallest absolute Gasteiger partial charge is 0.407 e. The number of aliphatic carboxylic acids is 1. The van der Waals surface area contributed by atoms with Gasteiger partial charge < -0.3 is 24.5 Å². The van der Waals surface area contributed by atoms with Crippen molar-refractivity contribution in [1.29, 1.82) is 0 Å². The van der Waals surface area contributed by atoms with Crippen LogP contribution in [-0.4, -0.2) is 50.9 Å². The highest BCUT2D eigenvalue weighted by Gasteiger charge is 2.31. The van der Waals surface area contributed by atoms with Crippen LogP contribution in [0, 0.1) is 0 Å². The minimum Gasteiger partial charge on any atom is -0.480 e. The van der Waals surface area contributed by atoms with E-state index in [1.54, 1.807) is 0 Å². The van der Waals surface area contributed by atoms with Crippen LogP contribution in [0.1, 0.15) is 67.9 Å². The molecule has 1 aliphatic heterocycles. The Kier molecular flexibility index (Phi) is 7.65. The fourth-order valence-electron chi connectivity index (χ4n) is 5.68. The molecule has 1 atom stereocenters. The number of nitrogens with one attached hydrogen (secondary N) is 1. The molecule has 0 spiro atoms. The van der Waals surface area contributed by atoms with E-state index in [-0.39, 0.29) is 31.3 Å². The van der Waals surface area contributed by atoms with E-state index in [4.69, 9.17) is 9.47 Å². The fourth-order valence-corrected chi connectivity index (χ4v) is 5.68. The molecule has 2 N–H and O–H groups in total. The highest BCUT2D eigenvalue weighted by molar-refractivity contribution is 5.81. The summed E-state index contributed by atoms with van der Waals surface area (Å²) in [7, 11) is 0. The van der Waals surface area contributed by atoms with Crippen LogP contribution < -0.4 is 5.32 Å². The molecule has 0 radical (unpaired) electrons. The first-order valence-electron chi connectivity index (χ1n) is 13.7. The van der Waals surface area contributed by atoms with Crippen LogP contribution in [0.15, 0.2) is 48.5 Å². The Morgan fingerprint density at radius 2 is 1.70 bits per heavy atom. The number of fused-ring (bicyclic) bond motifs is 4. The van der Waals surface area contributed by atoms with Crippen LogP contribution in [0.2, 0.25) is 0 Å². The summed E-state index contributed by atoms with van der Waals surface area (Å²) in [5.41, 5.74) is 5.25. The second kappa shape index (κ2) is 11.2. The molecule has 0 saturated heterocycles. The standard InChI is InChI=1S/C31H35N3O6/c1-31(2,3)40-28(35)17-27-32-24(26-14-8-9-15-34(26)27)16-25(29(36)37)33-30(38)39-18-23-21-12-6-4-10-19(21)20-11-5-7-13-22(20)23/h4-7,10-13,23,25H,8-9,14-18H2,1-3H3,(H,33,38)(H,36,37). The Balaban J connectivity index is 1.27. The second-order valence-electron chi connectivity index (χ2n) is 11.4. The van der Waals surface area contributed by atoms with Gasteiger partial charge in [0.2, 0.25) is 0 Å². The van der Waals surface area contributed by atoms with Gasteiger partial charge in [-0.15, -0.1) is 0 Å². The van der Waals surface area contributed by atoms with Gasteiger partial charge in [0.25, 0.3) is 0 Å². The molecule has 5 rings (SSSR count). The van der Waals surface area contributed by atoms with Crippen LogP contribution in [0.5, 0.6) is 0 Å². The Bertz CT molecular complexity index is 1390. The lowest BCUT2D eigenvalue weighted by atomic mass is 9.98. The van der Waals surface area contributed by atoms with E-state index in [0.717, 1.165) is 47.2 Å². The molecule has 2 aliphatic rings. The Hall–Kier alpha value is -4.14. The highest BCUT2D eigenvalue weighted by atomic mass is 16.6. The predicted molar refractivity (Wildman–Crippen MR) is 148 cm³/mol. The van der Waals surface area contributed by atoms with E-state index in [0.29, 0.717) is 18.1 Å². The SMILES string of the molecule is CC(C)(C)OC(=O)Cc1nc(CC(NC(=O)OCC2c3ccccc3-c3ccccc32)C(=O)O)c2n1CCCC2. The molecule has 2 heterocycles. The molecular formula is C31H35N3O6. The van der Waals surface area contributed by atoms with Gasteiger partial charge in [0.15, 0.2) is 0 Å².